The third-order valence-electron chi connectivity index (χ3n) is 5.13. The molecule has 1 heterocycles. The molecule has 9 heteroatoms. The quantitative estimate of drug-likeness (QED) is 0.249. The van der Waals surface area contributed by atoms with E-state index in [4.69, 9.17) is 4.42 Å². The highest BCUT2D eigenvalue weighted by Crippen LogP contribution is 2.26. The highest BCUT2D eigenvalue weighted by Gasteiger charge is 2.17. The number of benzene rings is 3. The summed E-state index contributed by atoms with van der Waals surface area (Å²) in [5.74, 6) is 0.374. The SMILES string of the molecule is O=C(CSc1nnc(-c2ccc(OC(F)F)cc2)o1)N(CCc1ccccc1)Cc1ccccc1. The van der Waals surface area contributed by atoms with Crippen molar-refractivity contribution in [2.24, 2.45) is 0 Å². The number of hydrogen-bond donors (Lipinski definition) is 0. The first kappa shape index (κ1) is 24.4. The molecule has 4 rings (SSSR count). The van der Waals surface area contributed by atoms with E-state index < -0.39 is 6.61 Å². The van der Waals surface area contributed by atoms with E-state index in [0.29, 0.717) is 18.7 Å². The number of aromatic nitrogens is 2. The van der Waals surface area contributed by atoms with Crippen molar-refractivity contribution < 1.29 is 22.7 Å². The van der Waals surface area contributed by atoms with Crippen molar-refractivity contribution in [3.63, 3.8) is 0 Å². The third-order valence-corrected chi connectivity index (χ3v) is 5.94. The van der Waals surface area contributed by atoms with Crippen molar-refractivity contribution in [3.8, 4) is 17.2 Å². The van der Waals surface area contributed by atoms with Crippen LogP contribution in [0.5, 0.6) is 5.75 Å². The summed E-state index contributed by atoms with van der Waals surface area (Å²) < 4.78 is 34.6. The molecule has 180 valence electrons. The summed E-state index contributed by atoms with van der Waals surface area (Å²) in [6.07, 6.45) is 0.750. The number of halogens is 2. The molecule has 1 aromatic heterocycles. The maximum atomic E-state index is 13.1. The van der Waals surface area contributed by atoms with Gasteiger partial charge in [0, 0.05) is 18.7 Å². The molecule has 0 unspecified atom stereocenters. The van der Waals surface area contributed by atoms with Crippen LogP contribution >= 0.6 is 11.8 Å². The Morgan fingerprint density at radius 2 is 1.57 bits per heavy atom. The van der Waals surface area contributed by atoms with Crippen LogP contribution < -0.4 is 4.74 Å². The van der Waals surface area contributed by atoms with Gasteiger partial charge in [-0.3, -0.25) is 4.79 Å². The predicted molar refractivity (Wildman–Crippen MR) is 129 cm³/mol. The Morgan fingerprint density at radius 3 is 2.23 bits per heavy atom. The molecule has 4 aromatic rings. The van der Waals surface area contributed by atoms with Crippen LogP contribution in [-0.4, -0.2) is 39.9 Å². The Hall–Kier alpha value is -3.72. The summed E-state index contributed by atoms with van der Waals surface area (Å²) in [7, 11) is 0. The Labute approximate surface area is 205 Å². The molecule has 0 aliphatic rings. The monoisotopic (exact) mass is 495 g/mol. The molecule has 0 atom stereocenters. The minimum absolute atomic E-state index is 0.0389. The molecular formula is C26H23F2N3O3S. The van der Waals surface area contributed by atoms with Crippen LogP contribution in [0, 0.1) is 0 Å². The molecule has 0 saturated carbocycles. The molecule has 0 saturated heterocycles. The molecule has 6 nitrogen and oxygen atoms in total. The number of thioether (sulfide) groups is 1. The summed E-state index contributed by atoms with van der Waals surface area (Å²) in [5, 5.41) is 8.24. The van der Waals surface area contributed by atoms with Gasteiger partial charge in [-0.05, 0) is 41.8 Å². The number of carbonyl (C=O) groups is 1. The van der Waals surface area contributed by atoms with Crippen LogP contribution in [0.4, 0.5) is 8.78 Å². The second-order valence-corrected chi connectivity index (χ2v) is 8.53. The van der Waals surface area contributed by atoms with E-state index in [1.165, 1.54) is 12.1 Å². The average molecular weight is 496 g/mol. The van der Waals surface area contributed by atoms with Gasteiger partial charge in [0.1, 0.15) is 5.75 Å². The molecule has 1 amide bonds. The summed E-state index contributed by atoms with van der Waals surface area (Å²) >= 11 is 1.16. The fraction of sp³-hybridized carbons (Fsp3) is 0.192. The fourth-order valence-electron chi connectivity index (χ4n) is 3.38. The number of amides is 1. The first-order chi connectivity index (χ1) is 17.1. The summed E-state index contributed by atoms with van der Waals surface area (Å²) in [4.78, 5) is 14.9. The highest BCUT2D eigenvalue weighted by atomic mass is 32.2. The molecular weight excluding hydrogens is 472 g/mol. The smallest absolute Gasteiger partial charge is 0.387 e. The number of nitrogens with zero attached hydrogens (tertiary/aromatic N) is 3. The second-order valence-electron chi connectivity index (χ2n) is 7.60. The van der Waals surface area contributed by atoms with Crippen LogP contribution in [0.2, 0.25) is 0 Å². The van der Waals surface area contributed by atoms with Gasteiger partial charge in [-0.2, -0.15) is 8.78 Å². The van der Waals surface area contributed by atoms with Crippen molar-refractivity contribution >= 4 is 17.7 Å². The van der Waals surface area contributed by atoms with Crippen LogP contribution in [0.1, 0.15) is 11.1 Å². The molecule has 3 aromatic carbocycles. The van der Waals surface area contributed by atoms with E-state index in [9.17, 15) is 13.6 Å². The molecule has 0 spiro atoms. The normalized spacial score (nSPS) is 10.9. The largest absolute Gasteiger partial charge is 0.435 e. The van der Waals surface area contributed by atoms with E-state index in [1.54, 1.807) is 12.1 Å². The Bertz CT molecular complexity index is 1210. The molecule has 0 bridgehead atoms. The van der Waals surface area contributed by atoms with Crippen molar-refractivity contribution in [2.45, 2.75) is 24.8 Å². The lowest BCUT2D eigenvalue weighted by atomic mass is 10.1. The summed E-state index contributed by atoms with van der Waals surface area (Å²) in [6, 6.07) is 25.8. The molecule has 0 N–H and O–H groups in total. The standard InChI is InChI=1S/C26H23F2N3O3S/c27-25(28)33-22-13-11-21(12-14-22)24-29-30-26(34-24)35-18-23(32)31(17-20-9-5-2-6-10-20)16-15-19-7-3-1-4-8-19/h1-14,25H,15-18H2. The lowest BCUT2D eigenvalue weighted by molar-refractivity contribution is -0.128. The van der Waals surface area contributed by atoms with Crippen LogP contribution in [0.15, 0.2) is 94.6 Å². The molecule has 0 fully saturated rings. The summed E-state index contributed by atoms with van der Waals surface area (Å²) in [5.41, 5.74) is 2.78. The molecule has 0 aliphatic carbocycles. The van der Waals surface area contributed by atoms with E-state index in [2.05, 4.69) is 14.9 Å². The van der Waals surface area contributed by atoms with Gasteiger partial charge >= 0.3 is 6.61 Å². The zero-order valence-corrected chi connectivity index (χ0v) is 19.5. The maximum Gasteiger partial charge on any atom is 0.387 e. The number of ether oxygens (including phenoxy) is 1. The average Bonchev–Trinajstić information content (AvgIpc) is 3.35. The fourth-order valence-corrected chi connectivity index (χ4v) is 4.05. The number of rotatable bonds is 11. The van der Waals surface area contributed by atoms with Gasteiger partial charge in [-0.15, -0.1) is 10.2 Å². The second kappa shape index (κ2) is 12.1. The van der Waals surface area contributed by atoms with Crippen LogP contribution in [0.25, 0.3) is 11.5 Å². The van der Waals surface area contributed by atoms with Gasteiger partial charge in [0.25, 0.3) is 5.22 Å². The first-order valence-corrected chi connectivity index (χ1v) is 11.9. The Kier molecular flexibility index (Phi) is 8.45. The third kappa shape index (κ3) is 7.38. The van der Waals surface area contributed by atoms with Crippen molar-refractivity contribution in [2.75, 3.05) is 12.3 Å². The molecule has 0 radical (unpaired) electrons. The topological polar surface area (TPSA) is 68.5 Å². The lowest BCUT2D eigenvalue weighted by Crippen LogP contribution is -2.33. The Balaban J connectivity index is 1.37. The van der Waals surface area contributed by atoms with Crippen LogP contribution in [0.3, 0.4) is 0 Å². The lowest BCUT2D eigenvalue weighted by Gasteiger charge is -2.22. The minimum Gasteiger partial charge on any atom is -0.435 e. The van der Waals surface area contributed by atoms with Gasteiger partial charge in [0.2, 0.25) is 11.8 Å². The Morgan fingerprint density at radius 1 is 0.914 bits per heavy atom. The van der Waals surface area contributed by atoms with Gasteiger partial charge < -0.3 is 14.1 Å². The van der Waals surface area contributed by atoms with E-state index in [0.717, 1.165) is 29.3 Å². The van der Waals surface area contributed by atoms with Crippen molar-refractivity contribution in [1.82, 2.24) is 15.1 Å². The van der Waals surface area contributed by atoms with E-state index in [-0.39, 0.29) is 28.5 Å². The minimum atomic E-state index is -2.89. The summed E-state index contributed by atoms with van der Waals surface area (Å²) in [6.45, 7) is -1.80. The van der Waals surface area contributed by atoms with Crippen molar-refractivity contribution in [1.29, 1.82) is 0 Å². The predicted octanol–water partition coefficient (Wildman–Crippen LogP) is 5.70. The highest BCUT2D eigenvalue weighted by molar-refractivity contribution is 7.99. The maximum absolute atomic E-state index is 13.1. The number of hydrogen-bond acceptors (Lipinski definition) is 6. The zero-order chi connectivity index (χ0) is 24.5. The number of carbonyl (C=O) groups excluding carboxylic acids is 1. The van der Waals surface area contributed by atoms with Gasteiger partial charge in [-0.25, -0.2) is 0 Å². The van der Waals surface area contributed by atoms with Gasteiger partial charge in [0.05, 0.1) is 5.75 Å². The number of alkyl halides is 2. The molecule has 35 heavy (non-hydrogen) atoms. The van der Waals surface area contributed by atoms with E-state index >= 15 is 0 Å². The van der Waals surface area contributed by atoms with E-state index in [1.807, 2.05) is 65.6 Å². The van der Waals surface area contributed by atoms with Gasteiger partial charge in [-0.1, -0.05) is 72.4 Å². The van der Waals surface area contributed by atoms with Crippen LogP contribution in [-0.2, 0) is 17.8 Å². The molecule has 0 aliphatic heterocycles. The zero-order valence-electron chi connectivity index (χ0n) is 18.7. The van der Waals surface area contributed by atoms with Crippen molar-refractivity contribution in [3.05, 3.63) is 96.1 Å². The van der Waals surface area contributed by atoms with Gasteiger partial charge in [0.15, 0.2) is 0 Å². The first-order valence-electron chi connectivity index (χ1n) is 10.9.